The Morgan fingerprint density at radius 1 is 1.19 bits per heavy atom. The minimum Gasteiger partial charge on any atom is -0.393 e. The number of benzene rings is 1. The molecular weight excluding hydrogens is 435 g/mol. The maximum absolute atomic E-state index is 13.9. The van der Waals surface area contributed by atoms with E-state index in [1.54, 1.807) is 27.9 Å². The van der Waals surface area contributed by atoms with E-state index in [2.05, 4.69) is 15.3 Å². The number of aliphatic hydroxyl groups is 1. The van der Waals surface area contributed by atoms with Crippen molar-refractivity contribution in [2.45, 2.75) is 37.8 Å². The number of hydrogen-bond donors (Lipinski definition) is 2. The number of rotatable bonds is 3. The molecule has 32 heavy (non-hydrogen) atoms. The summed E-state index contributed by atoms with van der Waals surface area (Å²) in [5, 5.41) is 17.4. The zero-order valence-corrected chi connectivity index (χ0v) is 18.2. The lowest BCUT2D eigenvalue weighted by Gasteiger charge is -2.29. The van der Waals surface area contributed by atoms with Gasteiger partial charge < -0.3 is 20.2 Å². The molecule has 3 aromatic rings. The van der Waals surface area contributed by atoms with Gasteiger partial charge in [-0.2, -0.15) is 5.10 Å². The van der Waals surface area contributed by atoms with Crippen LogP contribution in [0.1, 0.15) is 37.3 Å². The zero-order chi connectivity index (χ0) is 22.2. The Morgan fingerprint density at radius 3 is 2.81 bits per heavy atom. The molecule has 2 aliphatic heterocycles. The van der Waals surface area contributed by atoms with Crippen molar-refractivity contribution in [3.8, 4) is 0 Å². The van der Waals surface area contributed by atoms with Crippen molar-refractivity contribution in [1.82, 2.24) is 19.5 Å². The van der Waals surface area contributed by atoms with Gasteiger partial charge in [0.15, 0.2) is 5.65 Å². The smallest absolute Gasteiger partial charge is 0.321 e. The van der Waals surface area contributed by atoms with Gasteiger partial charge in [0.25, 0.3) is 0 Å². The second kappa shape index (κ2) is 8.55. The normalized spacial score (nSPS) is 19.7. The summed E-state index contributed by atoms with van der Waals surface area (Å²) in [5.41, 5.74) is 1.80. The molecule has 2 aromatic heterocycles. The first-order valence-corrected chi connectivity index (χ1v) is 11.2. The number of nitrogens with zero attached hydrogens (tertiary/aromatic N) is 5. The Balaban J connectivity index is 1.41. The molecule has 0 unspecified atom stereocenters. The van der Waals surface area contributed by atoms with Crippen LogP contribution in [-0.4, -0.2) is 56.4 Å². The van der Waals surface area contributed by atoms with Gasteiger partial charge >= 0.3 is 6.03 Å². The van der Waals surface area contributed by atoms with Crippen LogP contribution in [0, 0.1) is 5.82 Å². The molecule has 0 saturated carbocycles. The third-order valence-electron chi connectivity index (χ3n) is 6.21. The topological polar surface area (TPSA) is 86.0 Å². The van der Waals surface area contributed by atoms with Crippen LogP contribution in [0.4, 0.5) is 20.7 Å². The Morgan fingerprint density at radius 2 is 2.00 bits per heavy atom. The van der Waals surface area contributed by atoms with Gasteiger partial charge in [-0.3, -0.25) is 0 Å². The first-order chi connectivity index (χ1) is 15.5. The van der Waals surface area contributed by atoms with E-state index in [1.165, 1.54) is 12.1 Å². The van der Waals surface area contributed by atoms with Crippen molar-refractivity contribution in [3.63, 3.8) is 0 Å². The number of nitrogens with one attached hydrogen (secondary N) is 1. The highest BCUT2D eigenvalue weighted by atomic mass is 35.5. The van der Waals surface area contributed by atoms with E-state index in [1.807, 2.05) is 6.07 Å². The highest BCUT2D eigenvalue weighted by molar-refractivity contribution is 6.31. The number of hydrogen-bond acceptors (Lipinski definition) is 5. The number of amides is 2. The predicted molar refractivity (Wildman–Crippen MR) is 120 cm³/mol. The van der Waals surface area contributed by atoms with E-state index in [9.17, 15) is 14.3 Å². The molecule has 8 nitrogen and oxygen atoms in total. The van der Waals surface area contributed by atoms with Gasteiger partial charge in [0.05, 0.1) is 18.3 Å². The van der Waals surface area contributed by atoms with Crippen LogP contribution >= 0.6 is 11.6 Å². The van der Waals surface area contributed by atoms with Crippen molar-refractivity contribution in [2.75, 3.05) is 29.9 Å². The minimum atomic E-state index is -0.347. The van der Waals surface area contributed by atoms with E-state index >= 15 is 0 Å². The fourth-order valence-electron chi connectivity index (χ4n) is 4.50. The third-order valence-corrected chi connectivity index (χ3v) is 6.56. The third kappa shape index (κ3) is 3.98. The van der Waals surface area contributed by atoms with E-state index in [0.29, 0.717) is 42.3 Å². The number of halogens is 2. The van der Waals surface area contributed by atoms with Crippen LogP contribution in [0.5, 0.6) is 0 Å². The zero-order valence-electron chi connectivity index (χ0n) is 17.4. The lowest BCUT2D eigenvalue weighted by atomic mass is 10.0. The molecule has 0 spiro atoms. The molecule has 2 aliphatic rings. The Hall–Kier alpha value is -2.91. The van der Waals surface area contributed by atoms with E-state index in [0.717, 1.165) is 30.8 Å². The number of carbonyl (C=O) groups is 1. The van der Waals surface area contributed by atoms with Crippen molar-refractivity contribution < 1.29 is 14.3 Å². The number of urea groups is 1. The number of piperidine rings is 1. The van der Waals surface area contributed by atoms with Gasteiger partial charge in [0.2, 0.25) is 0 Å². The quantitative estimate of drug-likeness (QED) is 0.622. The van der Waals surface area contributed by atoms with Gasteiger partial charge in [-0.25, -0.2) is 18.7 Å². The summed E-state index contributed by atoms with van der Waals surface area (Å²) in [6.07, 6.45) is 5.96. The van der Waals surface area contributed by atoms with Crippen LogP contribution < -0.4 is 10.2 Å². The molecule has 2 fully saturated rings. The number of aromatic nitrogens is 3. The number of aliphatic hydroxyl groups excluding tert-OH is 1. The monoisotopic (exact) mass is 458 g/mol. The average Bonchev–Trinajstić information content (AvgIpc) is 3.43. The summed E-state index contributed by atoms with van der Waals surface area (Å²) >= 11 is 6.38. The fourth-order valence-corrected chi connectivity index (χ4v) is 4.75. The summed E-state index contributed by atoms with van der Waals surface area (Å²) in [6, 6.07) is 5.99. The first kappa shape index (κ1) is 21.0. The largest absolute Gasteiger partial charge is 0.393 e. The molecule has 1 aromatic carbocycles. The Labute approximate surface area is 189 Å². The lowest BCUT2D eigenvalue weighted by Crippen LogP contribution is -2.42. The van der Waals surface area contributed by atoms with Gasteiger partial charge in [-0.05, 0) is 55.5 Å². The second-order valence-corrected chi connectivity index (χ2v) is 8.68. The second-order valence-electron chi connectivity index (χ2n) is 8.28. The predicted octanol–water partition coefficient (Wildman–Crippen LogP) is 3.85. The van der Waals surface area contributed by atoms with Crippen molar-refractivity contribution in [1.29, 1.82) is 0 Å². The highest BCUT2D eigenvalue weighted by Crippen LogP contribution is 2.38. The summed E-state index contributed by atoms with van der Waals surface area (Å²) in [5.74, 6) is 0.406. The van der Waals surface area contributed by atoms with Crippen molar-refractivity contribution in [2.24, 2.45) is 0 Å². The van der Waals surface area contributed by atoms with Gasteiger partial charge in [-0.15, -0.1) is 0 Å². The average molecular weight is 459 g/mol. The lowest BCUT2D eigenvalue weighted by molar-refractivity contribution is 0.0972. The molecule has 5 rings (SSSR count). The van der Waals surface area contributed by atoms with Gasteiger partial charge in [-0.1, -0.05) is 11.6 Å². The molecule has 0 radical (unpaired) electrons. The fraction of sp³-hybridized carbons (Fsp3) is 0.409. The van der Waals surface area contributed by atoms with E-state index < -0.39 is 0 Å². The number of anilines is 2. The summed E-state index contributed by atoms with van der Waals surface area (Å²) < 4.78 is 15.5. The molecule has 1 atom stereocenters. The summed E-state index contributed by atoms with van der Waals surface area (Å²) in [6.45, 7) is 1.79. The molecule has 2 N–H and O–H groups in total. The molecule has 0 bridgehead atoms. The molecule has 4 heterocycles. The standard InChI is InChI=1S/C22H24ClFN6O2/c23-17-4-3-14(24)12-16(17)19-2-1-8-29(19)20-7-11-30-21(27-20)18(13-25-30)26-22(32)28-9-5-15(31)6-10-28/h3-4,7,11-13,15,19,31H,1-2,5-6,8-10H2,(H,26,32)/t19-/m1/s1. The molecule has 2 amide bonds. The number of carbonyl (C=O) groups excluding carboxylic acids is 1. The summed E-state index contributed by atoms with van der Waals surface area (Å²) in [7, 11) is 0. The van der Waals surface area contributed by atoms with Crippen molar-refractivity contribution in [3.05, 3.63) is 53.1 Å². The van der Waals surface area contributed by atoms with Crippen LogP contribution in [0.3, 0.4) is 0 Å². The molecule has 0 aliphatic carbocycles. The van der Waals surface area contributed by atoms with Gasteiger partial charge in [0.1, 0.15) is 17.3 Å². The minimum absolute atomic E-state index is 0.0751. The maximum atomic E-state index is 13.9. The van der Waals surface area contributed by atoms with Gasteiger partial charge in [0, 0.05) is 30.9 Å². The van der Waals surface area contributed by atoms with Crippen LogP contribution in [-0.2, 0) is 0 Å². The van der Waals surface area contributed by atoms with E-state index in [-0.39, 0.29) is 24.0 Å². The first-order valence-electron chi connectivity index (χ1n) is 10.8. The number of fused-ring (bicyclic) bond motifs is 1. The van der Waals surface area contributed by atoms with Crippen LogP contribution in [0.25, 0.3) is 5.65 Å². The molecule has 10 heteroatoms. The highest BCUT2D eigenvalue weighted by Gasteiger charge is 2.30. The SMILES string of the molecule is O=C(Nc1cnn2ccc(N3CCC[C@@H]3c3cc(F)ccc3Cl)nc12)N1CCC(O)CC1. The molecular formula is C22H24ClFN6O2. The Kier molecular flexibility index (Phi) is 5.60. The van der Waals surface area contributed by atoms with E-state index in [4.69, 9.17) is 16.6 Å². The molecule has 168 valence electrons. The van der Waals surface area contributed by atoms with Crippen LogP contribution in [0.15, 0.2) is 36.7 Å². The number of likely N-dealkylation sites (tertiary alicyclic amines) is 1. The molecule has 2 saturated heterocycles. The van der Waals surface area contributed by atoms with Crippen LogP contribution in [0.2, 0.25) is 5.02 Å². The Bertz CT molecular complexity index is 1150. The van der Waals surface area contributed by atoms with Crippen molar-refractivity contribution >= 4 is 34.8 Å². The summed E-state index contributed by atoms with van der Waals surface area (Å²) in [4.78, 5) is 21.2. The maximum Gasteiger partial charge on any atom is 0.321 e.